The van der Waals surface area contributed by atoms with Gasteiger partial charge in [0.25, 0.3) is 5.56 Å². The number of aryl methyl sites for hydroxylation is 1. The molecule has 1 aromatic heterocycles. The fraction of sp³-hybridized carbons (Fsp3) is 0.158. The van der Waals surface area contributed by atoms with Crippen LogP contribution >= 0.6 is 0 Å². The number of rotatable bonds is 1. The normalized spacial score (nSPS) is 12.6. The van der Waals surface area contributed by atoms with E-state index in [0.717, 1.165) is 21.5 Å². The molecule has 0 amide bonds. The Morgan fingerprint density at radius 3 is 2.48 bits per heavy atom. The summed E-state index contributed by atoms with van der Waals surface area (Å²) < 4.78 is 1.05. The summed E-state index contributed by atoms with van der Waals surface area (Å²) in [6.07, 6.45) is 0.267. The molecule has 2 heterocycles. The molecule has 0 unspecified atom stereocenters. The number of hydrogen-bond donors (Lipinski definition) is 2. The van der Waals surface area contributed by atoms with Crippen molar-refractivity contribution in [3.05, 3.63) is 80.0 Å². The Hall–Kier alpha value is -3.28. The van der Waals surface area contributed by atoms with Crippen LogP contribution in [0.15, 0.2) is 52.1 Å². The van der Waals surface area contributed by atoms with Crippen LogP contribution in [0.25, 0.3) is 0 Å². The van der Waals surface area contributed by atoms with E-state index in [0.29, 0.717) is 16.9 Å². The average molecular weight is 335 g/mol. The van der Waals surface area contributed by atoms with E-state index in [4.69, 9.17) is 0 Å². The van der Waals surface area contributed by atoms with Crippen LogP contribution in [0.5, 0.6) is 5.75 Å². The van der Waals surface area contributed by atoms with Gasteiger partial charge >= 0.3 is 5.69 Å². The molecule has 0 bridgehead atoms. The Kier molecular flexibility index (Phi) is 3.28. The van der Waals surface area contributed by atoms with Crippen molar-refractivity contribution in [2.45, 2.75) is 13.3 Å². The van der Waals surface area contributed by atoms with Gasteiger partial charge in [0.2, 0.25) is 0 Å². The number of aromatic nitrogens is 2. The Labute approximate surface area is 143 Å². The topological polar surface area (TPSA) is 78.3 Å². The molecule has 0 radical (unpaired) electrons. The van der Waals surface area contributed by atoms with Crippen molar-refractivity contribution in [1.82, 2.24) is 9.55 Å². The molecule has 0 saturated heterocycles. The summed E-state index contributed by atoms with van der Waals surface area (Å²) in [6.45, 7) is 1.99. The zero-order chi connectivity index (χ0) is 17.7. The number of benzene rings is 2. The molecule has 0 saturated carbocycles. The van der Waals surface area contributed by atoms with Gasteiger partial charge < -0.3 is 5.11 Å². The highest BCUT2D eigenvalue weighted by Gasteiger charge is 2.29. The second kappa shape index (κ2) is 5.37. The largest absolute Gasteiger partial charge is 0.508 e. The third-order valence-electron chi connectivity index (χ3n) is 4.62. The number of anilines is 3. The highest BCUT2D eigenvalue weighted by atomic mass is 16.3. The zero-order valence-electron chi connectivity index (χ0n) is 13.9. The van der Waals surface area contributed by atoms with Gasteiger partial charge in [-0.1, -0.05) is 23.8 Å². The fourth-order valence-electron chi connectivity index (χ4n) is 3.22. The van der Waals surface area contributed by atoms with Crippen LogP contribution in [0.2, 0.25) is 0 Å². The first-order valence-electron chi connectivity index (χ1n) is 7.97. The second-order valence-corrected chi connectivity index (χ2v) is 6.24. The zero-order valence-corrected chi connectivity index (χ0v) is 13.9. The lowest BCUT2D eigenvalue weighted by Crippen LogP contribution is -2.38. The Balaban J connectivity index is 2.07. The van der Waals surface area contributed by atoms with Crippen LogP contribution in [-0.4, -0.2) is 14.7 Å². The lowest BCUT2D eigenvalue weighted by atomic mass is 9.97. The van der Waals surface area contributed by atoms with Crippen LogP contribution in [0.1, 0.15) is 16.7 Å². The van der Waals surface area contributed by atoms with E-state index in [1.165, 1.54) is 7.05 Å². The van der Waals surface area contributed by atoms with E-state index < -0.39 is 5.69 Å². The van der Waals surface area contributed by atoms with Crippen molar-refractivity contribution in [1.29, 1.82) is 0 Å². The number of phenols is 1. The van der Waals surface area contributed by atoms with Crippen LogP contribution in [-0.2, 0) is 13.5 Å². The molecule has 2 N–H and O–H groups in total. The number of hydrogen-bond acceptors (Lipinski definition) is 4. The van der Waals surface area contributed by atoms with Gasteiger partial charge in [-0.15, -0.1) is 0 Å². The lowest BCUT2D eigenvalue weighted by molar-refractivity contribution is 0.469. The van der Waals surface area contributed by atoms with E-state index in [1.54, 1.807) is 12.1 Å². The number of aromatic hydroxyl groups is 1. The van der Waals surface area contributed by atoms with Gasteiger partial charge in [-0.25, -0.2) is 4.79 Å². The molecule has 1 aliphatic heterocycles. The van der Waals surface area contributed by atoms with Gasteiger partial charge in [-0.2, -0.15) is 0 Å². The summed E-state index contributed by atoms with van der Waals surface area (Å²) in [5.74, 6) is 0.587. The number of nitrogens with zero attached hydrogens (tertiary/aromatic N) is 2. The summed E-state index contributed by atoms with van der Waals surface area (Å²) in [4.78, 5) is 29.4. The number of fused-ring (bicyclic) bond motifs is 2. The molecule has 0 spiro atoms. The number of H-pyrrole nitrogens is 1. The van der Waals surface area contributed by atoms with Crippen molar-refractivity contribution in [2.75, 3.05) is 4.90 Å². The van der Waals surface area contributed by atoms with Gasteiger partial charge in [0.05, 0.1) is 11.3 Å². The minimum Gasteiger partial charge on any atom is -0.508 e. The van der Waals surface area contributed by atoms with E-state index in [-0.39, 0.29) is 17.7 Å². The Morgan fingerprint density at radius 2 is 1.76 bits per heavy atom. The van der Waals surface area contributed by atoms with E-state index in [2.05, 4.69) is 4.98 Å². The molecule has 3 aromatic rings. The molecule has 25 heavy (non-hydrogen) atoms. The fourth-order valence-corrected chi connectivity index (χ4v) is 3.22. The van der Waals surface area contributed by atoms with Gasteiger partial charge in [-0.05, 0) is 31.2 Å². The van der Waals surface area contributed by atoms with E-state index >= 15 is 0 Å². The van der Waals surface area contributed by atoms with Crippen LogP contribution < -0.4 is 16.1 Å². The van der Waals surface area contributed by atoms with Crippen LogP contribution in [0, 0.1) is 6.92 Å². The summed E-state index contributed by atoms with van der Waals surface area (Å²) in [6, 6.07) is 13.0. The molecule has 4 rings (SSSR count). The first-order chi connectivity index (χ1) is 12.0. The maximum Gasteiger partial charge on any atom is 0.329 e. The number of phenolic OH excluding ortho intramolecular Hbond substituents is 1. The Morgan fingerprint density at radius 1 is 1.04 bits per heavy atom. The minimum atomic E-state index is -0.468. The number of nitrogens with one attached hydrogen (secondary N) is 1. The maximum absolute atomic E-state index is 12.6. The van der Waals surface area contributed by atoms with Gasteiger partial charge in [0.1, 0.15) is 11.6 Å². The summed E-state index contributed by atoms with van der Waals surface area (Å²) in [5.41, 5.74) is 2.96. The van der Waals surface area contributed by atoms with Crippen LogP contribution in [0.3, 0.4) is 0 Å². The first kappa shape index (κ1) is 15.3. The van der Waals surface area contributed by atoms with Crippen molar-refractivity contribution < 1.29 is 5.11 Å². The minimum absolute atomic E-state index is 0.133. The first-order valence-corrected chi connectivity index (χ1v) is 7.97. The average Bonchev–Trinajstić information content (AvgIpc) is 2.60. The molecule has 1 aliphatic rings. The molecule has 0 aliphatic carbocycles. The molecule has 0 atom stereocenters. The molecule has 6 heteroatoms. The third-order valence-corrected chi connectivity index (χ3v) is 4.62. The van der Waals surface area contributed by atoms with E-state index in [9.17, 15) is 14.7 Å². The van der Waals surface area contributed by atoms with Crippen molar-refractivity contribution in [3.8, 4) is 5.75 Å². The highest BCUT2D eigenvalue weighted by molar-refractivity contribution is 5.82. The molecule has 126 valence electrons. The molecular weight excluding hydrogens is 318 g/mol. The van der Waals surface area contributed by atoms with Crippen LogP contribution in [0.4, 0.5) is 17.2 Å². The van der Waals surface area contributed by atoms with Crippen molar-refractivity contribution in [2.24, 2.45) is 7.05 Å². The third kappa shape index (κ3) is 2.26. The molecular formula is C19H17N3O3. The lowest BCUT2D eigenvalue weighted by Gasteiger charge is -2.32. The predicted molar refractivity (Wildman–Crippen MR) is 96.2 cm³/mol. The second-order valence-electron chi connectivity index (χ2n) is 6.24. The summed E-state index contributed by atoms with van der Waals surface area (Å²) in [7, 11) is 1.44. The van der Waals surface area contributed by atoms with Gasteiger partial charge in [0.15, 0.2) is 0 Å². The summed E-state index contributed by atoms with van der Waals surface area (Å²) >= 11 is 0. The van der Waals surface area contributed by atoms with Crippen molar-refractivity contribution in [3.63, 3.8) is 0 Å². The summed E-state index contributed by atoms with van der Waals surface area (Å²) in [5, 5.41) is 10.3. The van der Waals surface area contributed by atoms with Gasteiger partial charge in [0, 0.05) is 24.7 Å². The quantitative estimate of drug-likeness (QED) is 0.560. The van der Waals surface area contributed by atoms with Crippen molar-refractivity contribution >= 4 is 17.2 Å². The predicted octanol–water partition coefficient (Wildman–Crippen LogP) is 2.46. The highest BCUT2D eigenvalue weighted by Crippen LogP contribution is 2.43. The van der Waals surface area contributed by atoms with Gasteiger partial charge in [-0.3, -0.25) is 19.2 Å². The molecule has 6 nitrogen and oxygen atoms in total. The monoisotopic (exact) mass is 335 g/mol. The molecule has 2 aromatic carbocycles. The Bertz CT molecular complexity index is 1090. The number of aromatic amines is 1. The molecule has 0 fully saturated rings. The maximum atomic E-state index is 12.6. The standard InChI is InChI=1S/C19H17N3O3/c1-11-6-8-12(9-7-11)22-15-4-3-5-16(23)13(15)10-14-17(22)20-19(25)21(2)18(14)24/h3-9,23H,10H2,1-2H3,(H,20,25). The SMILES string of the molecule is Cc1ccc(N2c3cccc(O)c3Cc3c2[nH]c(=O)n(C)c3=O)cc1. The van der Waals surface area contributed by atoms with E-state index in [1.807, 2.05) is 42.2 Å². The smallest absolute Gasteiger partial charge is 0.329 e.